The second kappa shape index (κ2) is 5.50. The fourth-order valence-corrected chi connectivity index (χ4v) is 3.98. The SMILES string of the molecule is CC(C)(C)CS(=O)(=O)Nc1ccc(S(=O)(=O)Cl)cc1F. The number of halogens is 2. The molecular weight excluding hydrogens is 329 g/mol. The molecule has 0 bridgehead atoms. The molecule has 1 aromatic rings. The quantitative estimate of drug-likeness (QED) is 0.852. The van der Waals surface area contributed by atoms with E-state index in [2.05, 4.69) is 4.72 Å². The van der Waals surface area contributed by atoms with Gasteiger partial charge >= 0.3 is 0 Å². The Morgan fingerprint density at radius 2 is 1.75 bits per heavy atom. The third-order valence-corrected chi connectivity index (χ3v) is 5.24. The van der Waals surface area contributed by atoms with E-state index in [-0.39, 0.29) is 11.4 Å². The van der Waals surface area contributed by atoms with Crippen LogP contribution in [0.5, 0.6) is 0 Å². The number of benzene rings is 1. The van der Waals surface area contributed by atoms with Gasteiger partial charge in [-0.2, -0.15) is 0 Å². The summed E-state index contributed by atoms with van der Waals surface area (Å²) < 4.78 is 61.5. The first-order valence-corrected chi connectivity index (χ1v) is 9.51. The summed E-state index contributed by atoms with van der Waals surface area (Å²) in [5, 5.41) is 0. The number of hydrogen-bond acceptors (Lipinski definition) is 4. The molecule has 0 atom stereocenters. The van der Waals surface area contributed by atoms with Gasteiger partial charge in [-0.1, -0.05) is 20.8 Å². The normalized spacial score (nSPS) is 13.2. The maximum absolute atomic E-state index is 13.7. The molecule has 5 nitrogen and oxygen atoms in total. The van der Waals surface area contributed by atoms with Gasteiger partial charge in [-0.3, -0.25) is 4.72 Å². The Morgan fingerprint density at radius 1 is 1.20 bits per heavy atom. The van der Waals surface area contributed by atoms with E-state index in [1.165, 1.54) is 0 Å². The molecule has 0 spiro atoms. The van der Waals surface area contributed by atoms with Crippen molar-refractivity contribution < 1.29 is 21.2 Å². The third-order valence-electron chi connectivity index (χ3n) is 2.11. The second-order valence-electron chi connectivity index (χ2n) is 5.50. The van der Waals surface area contributed by atoms with Gasteiger partial charge in [0.1, 0.15) is 5.82 Å². The summed E-state index contributed by atoms with van der Waals surface area (Å²) in [5.74, 6) is -1.21. The third kappa shape index (κ3) is 5.26. The lowest BCUT2D eigenvalue weighted by Crippen LogP contribution is -2.26. The van der Waals surface area contributed by atoms with Gasteiger partial charge in [0, 0.05) is 10.7 Å². The summed E-state index contributed by atoms with van der Waals surface area (Å²) in [6.45, 7) is 5.18. The van der Waals surface area contributed by atoms with Crippen molar-refractivity contribution in [3.63, 3.8) is 0 Å². The number of hydrogen-bond donors (Lipinski definition) is 1. The van der Waals surface area contributed by atoms with Gasteiger partial charge in [-0.25, -0.2) is 21.2 Å². The first-order valence-electron chi connectivity index (χ1n) is 5.55. The van der Waals surface area contributed by atoms with Gasteiger partial charge in [0.25, 0.3) is 9.05 Å². The van der Waals surface area contributed by atoms with Crippen molar-refractivity contribution in [1.29, 1.82) is 0 Å². The van der Waals surface area contributed by atoms with Gasteiger partial charge < -0.3 is 0 Å². The van der Waals surface area contributed by atoms with Crippen LogP contribution in [0.3, 0.4) is 0 Å². The van der Waals surface area contributed by atoms with Crippen LogP contribution in [-0.2, 0) is 19.1 Å². The smallest absolute Gasteiger partial charge is 0.261 e. The van der Waals surface area contributed by atoms with Crippen molar-refractivity contribution in [2.24, 2.45) is 5.41 Å². The highest BCUT2D eigenvalue weighted by Gasteiger charge is 2.23. The summed E-state index contributed by atoms with van der Waals surface area (Å²) in [5.41, 5.74) is -0.819. The summed E-state index contributed by atoms with van der Waals surface area (Å²) in [4.78, 5) is -0.435. The summed E-state index contributed by atoms with van der Waals surface area (Å²) >= 11 is 0. The lowest BCUT2D eigenvalue weighted by Gasteiger charge is -2.19. The van der Waals surface area contributed by atoms with Crippen LogP contribution < -0.4 is 4.72 Å². The highest BCUT2D eigenvalue weighted by Crippen LogP contribution is 2.24. The van der Waals surface area contributed by atoms with Gasteiger partial charge in [-0.15, -0.1) is 0 Å². The van der Waals surface area contributed by atoms with Crippen LogP contribution in [0.2, 0.25) is 0 Å². The van der Waals surface area contributed by atoms with Gasteiger partial charge in [0.05, 0.1) is 16.3 Å². The van der Waals surface area contributed by atoms with Gasteiger partial charge in [0.15, 0.2) is 0 Å². The zero-order chi connectivity index (χ0) is 15.8. The molecule has 0 fully saturated rings. The van der Waals surface area contributed by atoms with E-state index in [4.69, 9.17) is 10.7 Å². The van der Waals surface area contributed by atoms with Crippen molar-refractivity contribution in [2.45, 2.75) is 25.7 Å². The molecule has 0 aromatic heterocycles. The lowest BCUT2D eigenvalue weighted by atomic mass is 10.0. The molecule has 0 unspecified atom stereocenters. The summed E-state index contributed by atoms with van der Waals surface area (Å²) in [6, 6.07) is 2.71. The zero-order valence-electron chi connectivity index (χ0n) is 11.1. The number of rotatable bonds is 4. The average Bonchev–Trinajstić information content (AvgIpc) is 2.15. The molecule has 0 aliphatic carbocycles. The van der Waals surface area contributed by atoms with Crippen LogP contribution in [-0.4, -0.2) is 22.6 Å². The molecule has 0 aliphatic rings. The minimum absolute atomic E-state index is 0.199. The Balaban J connectivity index is 3.07. The molecule has 1 rings (SSSR count). The Bertz CT molecular complexity index is 708. The number of anilines is 1. The van der Waals surface area contributed by atoms with E-state index < -0.39 is 35.2 Å². The molecule has 0 saturated carbocycles. The summed E-state index contributed by atoms with van der Waals surface area (Å²) in [7, 11) is -2.73. The van der Waals surface area contributed by atoms with E-state index in [9.17, 15) is 21.2 Å². The molecule has 0 radical (unpaired) electrons. The maximum Gasteiger partial charge on any atom is 0.261 e. The molecule has 1 N–H and O–H groups in total. The van der Waals surface area contributed by atoms with Crippen LogP contribution in [0.4, 0.5) is 10.1 Å². The van der Waals surface area contributed by atoms with Crippen molar-refractivity contribution in [2.75, 3.05) is 10.5 Å². The first kappa shape index (κ1) is 17.2. The fraction of sp³-hybridized carbons (Fsp3) is 0.455. The standard InChI is InChI=1S/C11H15ClFNO4S2/c1-11(2,3)7-19(15,16)14-10-5-4-8(6-9(10)13)20(12,17)18/h4-6,14H,7H2,1-3H3. The second-order valence-corrected chi connectivity index (χ2v) is 9.79. The van der Waals surface area contributed by atoms with Crippen LogP contribution in [0.15, 0.2) is 23.1 Å². The Labute approximate surface area is 122 Å². The molecule has 0 heterocycles. The minimum atomic E-state index is -4.06. The van der Waals surface area contributed by atoms with E-state index in [1.807, 2.05) is 0 Å². The molecular formula is C11H15ClFNO4S2. The van der Waals surface area contributed by atoms with Crippen LogP contribution >= 0.6 is 10.7 Å². The van der Waals surface area contributed by atoms with E-state index in [0.717, 1.165) is 12.1 Å². The largest absolute Gasteiger partial charge is 0.281 e. The number of nitrogens with one attached hydrogen (secondary N) is 1. The molecule has 0 amide bonds. The molecule has 9 heteroatoms. The van der Waals surface area contributed by atoms with Crippen molar-refractivity contribution in [3.8, 4) is 0 Å². The Morgan fingerprint density at radius 3 is 2.15 bits per heavy atom. The topological polar surface area (TPSA) is 80.3 Å². The zero-order valence-corrected chi connectivity index (χ0v) is 13.5. The Hall–Kier alpha value is -0.860. The van der Waals surface area contributed by atoms with Gasteiger partial charge in [-0.05, 0) is 23.6 Å². The average molecular weight is 344 g/mol. The van der Waals surface area contributed by atoms with Crippen LogP contribution in [0, 0.1) is 11.2 Å². The first-order chi connectivity index (χ1) is 8.80. The van der Waals surface area contributed by atoms with Crippen molar-refractivity contribution in [1.82, 2.24) is 0 Å². The monoisotopic (exact) mass is 343 g/mol. The molecule has 20 heavy (non-hydrogen) atoms. The minimum Gasteiger partial charge on any atom is -0.281 e. The van der Waals surface area contributed by atoms with E-state index in [1.54, 1.807) is 20.8 Å². The highest BCUT2D eigenvalue weighted by molar-refractivity contribution is 8.13. The Kier molecular flexibility index (Phi) is 4.72. The van der Waals surface area contributed by atoms with Crippen LogP contribution in [0.25, 0.3) is 0 Å². The van der Waals surface area contributed by atoms with E-state index in [0.29, 0.717) is 6.07 Å². The summed E-state index contributed by atoms with van der Waals surface area (Å²) in [6.07, 6.45) is 0. The molecule has 0 aliphatic heterocycles. The molecule has 0 saturated heterocycles. The lowest BCUT2D eigenvalue weighted by molar-refractivity contribution is 0.463. The molecule has 1 aromatic carbocycles. The van der Waals surface area contributed by atoms with E-state index >= 15 is 0 Å². The maximum atomic E-state index is 13.7. The van der Waals surface area contributed by atoms with Crippen molar-refractivity contribution in [3.05, 3.63) is 24.0 Å². The highest BCUT2D eigenvalue weighted by atomic mass is 35.7. The molecule has 114 valence electrons. The van der Waals surface area contributed by atoms with Crippen molar-refractivity contribution >= 4 is 35.4 Å². The van der Waals surface area contributed by atoms with Gasteiger partial charge in [0.2, 0.25) is 10.0 Å². The predicted octanol–water partition coefficient (Wildman–Crippen LogP) is 2.54. The number of sulfonamides is 1. The fourth-order valence-electron chi connectivity index (χ4n) is 1.50. The predicted molar refractivity (Wildman–Crippen MR) is 76.3 cm³/mol. The van der Waals surface area contributed by atoms with Crippen LogP contribution in [0.1, 0.15) is 20.8 Å².